The number of esters is 2. The van der Waals surface area contributed by atoms with Crippen LogP contribution in [0.25, 0.3) is 0 Å². The van der Waals surface area contributed by atoms with Gasteiger partial charge in [0.25, 0.3) is 0 Å². The van der Waals surface area contributed by atoms with Crippen molar-refractivity contribution >= 4 is 11.9 Å². The fraction of sp³-hybridized carbons (Fsp3) is 0.821. The Kier molecular flexibility index (Phi) is 60.8. The van der Waals surface area contributed by atoms with Crippen LogP contribution >= 0.6 is 0 Å². The fourth-order valence-electron chi connectivity index (χ4n) is 9.32. The van der Waals surface area contributed by atoms with Gasteiger partial charge in [-0.25, -0.2) is 0 Å². The van der Waals surface area contributed by atoms with Crippen molar-refractivity contribution in [3.05, 3.63) is 60.8 Å². The highest BCUT2D eigenvalue weighted by Crippen LogP contribution is 2.17. The van der Waals surface area contributed by atoms with Gasteiger partial charge in [0.1, 0.15) is 6.61 Å². The van der Waals surface area contributed by atoms with Crippen LogP contribution in [0, 0.1) is 0 Å². The molecule has 0 spiro atoms. The second-order valence-corrected chi connectivity index (χ2v) is 21.3. The number of rotatable bonds is 59. The van der Waals surface area contributed by atoms with Gasteiger partial charge in [0.2, 0.25) is 0 Å². The summed E-state index contributed by atoms with van der Waals surface area (Å²) >= 11 is 0. The van der Waals surface area contributed by atoms with Crippen LogP contribution in [0.2, 0.25) is 0 Å². The summed E-state index contributed by atoms with van der Waals surface area (Å²) in [5, 5.41) is 0. The van der Waals surface area contributed by atoms with Gasteiger partial charge in [-0.2, -0.15) is 0 Å². The van der Waals surface area contributed by atoms with Gasteiger partial charge in [-0.05, 0) is 83.5 Å². The van der Waals surface area contributed by atoms with Gasteiger partial charge in [0, 0.05) is 19.4 Å². The first kappa shape index (κ1) is 69.6. The summed E-state index contributed by atoms with van der Waals surface area (Å²) in [6.07, 6.45) is 81.1. The molecular weight excluding hydrogens is 885 g/mol. The first-order valence-corrected chi connectivity index (χ1v) is 31.8. The Hall–Kier alpha value is -2.40. The summed E-state index contributed by atoms with van der Waals surface area (Å²) in [5.74, 6) is -0.401. The minimum absolute atomic E-state index is 0.0787. The molecule has 0 aliphatic rings. The van der Waals surface area contributed by atoms with Crippen molar-refractivity contribution in [1.82, 2.24) is 0 Å². The predicted molar refractivity (Wildman–Crippen MR) is 316 cm³/mol. The molecule has 0 aromatic carbocycles. The maximum Gasteiger partial charge on any atom is 0.306 e. The van der Waals surface area contributed by atoms with Crippen LogP contribution in [-0.4, -0.2) is 37.9 Å². The normalized spacial score (nSPS) is 12.5. The summed E-state index contributed by atoms with van der Waals surface area (Å²) in [5.41, 5.74) is 0. The highest BCUT2D eigenvalue weighted by molar-refractivity contribution is 5.70. The van der Waals surface area contributed by atoms with Gasteiger partial charge in [-0.3, -0.25) is 9.59 Å². The number of unbranched alkanes of at least 4 members (excludes halogenated alkanes) is 38. The third-order valence-electron chi connectivity index (χ3n) is 14.0. The fourth-order valence-corrected chi connectivity index (χ4v) is 9.32. The number of hydrogen-bond donors (Lipinski definition) is 0. The third-order valence-corrected chi connectivity index (χ3v) is 14.0. The Morgan fingerprint density at radius 3 is 1.01 bits per heavy atom. The molecule has 0 saturated carbocycles. The number of carbonyl (C=O) groups is 2. The smallest absolute Gasteiger partial charge is 0.306 e. The van der Waals surface area contributed by atoms with E-state index in [9.17, 15) is 9.59 Å². The first-order valence-electron chi connectivity index (χ1n) is 31.8. The molecule has 420 valence electrons. The van der Waals surface area contributed by atoms with Crippen molar-refractivity contribution in [2.24, 2.45) is 0 Å². The number of hydrogen-bond acceptors (Lipinski definition) is 5. The van der Waals surface area contributed by atoms with Gasteiger partial charge in [0.15, 0.2) is 6.10 Å². The molecule has 0 radical (unpaired) electrons. The molecule has 0 N–H and O–H groups in total. The Labute approximate surface area is 449 Å². The molecule has 0 bridgehead atoms. The van der Waals surface area contributed by atoms with Crippen molar-refractivity contribution in [1.29, 1.82) is 0 Å². The molecule has 0 aromatic heterocycles. The monoisotopic (exact) mass is 1010 g/mol. The van der Waals surface area contributed by atoms with Gasteiger partial charge >= 0.3 is 11.9 Å². The van der Waals surface area contributed by atoms with E-state index >= 15 is 0 Å². The quantitative estimate of drug-likeness (QED) is 0.0345. The second kappa shape index (κ2) is 62.9. The van der Waals surface area contributed by atoms with Crippen molar-refractivity contribution in [3.8, 4) is 0 Å². The largest absolute Gasteiger partial charge is 0.462 e. The van der Waals surface area contributed by atoms with E-state index in [1.165, 1.54) is 218 Å². The van der Waals surface area contributed by atoms with Gasteiger partial charge < -0.3 is 14.2 Å². The lowest BCUT2D eigenvalue weighted by molar-refractivity contribution is -0.163. The molecule has 1 atom stereocenters. The average molecular weight is 1010 g/mol. The zero-order valence-corrected chi connectivity index (χ0v) is 48.5. The lowest BCUT2D eigenvalue weighted by Gasteiger charge is -2.18. The predicted octanol–water partition coefficient (Wildman–Crippen LogP) is 22.0. The van der Waals surface area contributed by atoms with Crippen molar-refractivity contribution < 1.29 is 23.8 Å². The van der Waals surface area contributed by atoms with E-state index in [-0.39, 0.29) is 25.2 Å². The Balaban J connectivity index is 4.27. The maximum absolute atomic E-state index is 12.9. The zero-order valence-electron chi connectivity index (χ0n) is 48.5. The van der Waals surface area contributed by atoms with E-state index in [0.717, 1.165) is 77.0 Å². The molecule has 0 rings (SSSR count). The summed E-state index contributed by atoms with van der Waals surface area (Å²) in [7, 11) is 0. The van der Waals surface area contributed by atoms with Gasteiger partial charge in [-0.15, -0.1) is 0 Å². The minimum Gasteiger partial charge on any atom is -0.462 e. The molecule has 1 unspecified atom stereocenters. The van der Waals surface area contributed by atoms with Crippen LogP contribution in [0.4, 0.5) is 0 Å². The molecular formula is C67H122O5. The highest BCUT2D eigenvalue weighted by atomic mass is 16.6. The molecule has 0 aromatic rings. The topological polar surface area (TPSA) is 61.8 Å². The van der Waals surface area contributed by atoms with E-state index in [1.807, 2.05) is 0 Å². The SMILES string of the molecule is CC/C=C\C/C=C\C/C=C\C/C=C\CCCCCCCCC(=O)OCC(COCCCCCCCCCCCCCCCCCCCCCC)OC(=O)CCCCCCCCC/C=C\CCCCCCCC. The first-order chi connectivity index (χ1) is 35.6. The number of ether oxygens (including phenoxy) is 3. The molecule has 0 amide bonds. The van der Waals surface area contributed by atoms with Crippen LogP contribution in [0.5, 0.6) is 0 Å². The Bertz CT molecular complexity index is 1230. The van der Waals surface area contributed by atoms with Crippen molar-refractivity contribution in [2.45, 2.75) is 335 Å². The van der Waals surface area contributed by atoms with E-state index in [4.69, 9.17) is 14.2 Å². The summed E-state index contributed by atoms with van der Waals surface area (Å²) in [4.78, 5) is 25.6. The maximum atomic E-state index is 12.9. The minimum atomic E-state index is -0.545. The molecule has 72 heavy (non-hydrogen) atoms. The van der Waals surface area contributed by atoms with Crippen LogP contribution in [0.15, 0.2) is 60.8 Å². The molecule has 0 aliphatic carbocycles. The molecule has 0 heterocycles. The Morgan fingerprint density at radius 2 is 0.625 bits per heavy atom. The summed E-state index contributed by atoms with van der Waals surface area (Å²) in [6.45, 7) is 7.76. The molecule has 0 aliphatic heterocycles. The lowest BCUT2D eigenvalue weighted by Crippen LogP contribution is -2.30. The molecule has 0 saturated heterocycles. The third kappa shape index (κ3) is 60.2. The van der Waals surface area contributed by atoms with Crippen LogP contribution in [-0.2, 0) is 23.8 Å². The van der Waals surface area contributed by atoms with Crippen molar-refractivity contribution in [2.75, 3.05) is 19.8 Å². The standard InChI is InChI=1S/C67H122O5/c1-4-7-10-13-16-19-22-25-28-31-33-35-38-41-44-47-50-53-56-59-62-70-63-65(72-67(69)61-58-55-52-49-46-43-40-36-30-27-24-21-18-15-12-9-6-3)64-71-66(68)60-57-54-51-48-45-42-39-37-34-32-29-26-23-20-17-14-11-8-5-2/h8,11,17,20,26-27,29-30,34,37,65H,4-7,9-10,12-16,18-19,21-25,28,31-33,35-36,38-64H2,1-3H3/b11-8-,20-17-,29-26-,30-27-,37-34-. The summed E-state index contributed by atoms with van der Waals surface area (Å²) in [6, 6.07) is 0. The average Bonchev–Trinajstić information content (AvgIpc) is 3.38. The molecule has 0 fully saturated rings. The zero-order chi connectivity index (χ0) is 52.0. The highest BCUT2D eigenvalue weighted by Gasteiger charge is 2.18. The molecule has 5 heteroatoms. The van der Waals surface area contributed by atoms with E-state index < -0.39 is 6.10 Å². The van der Waals surface area contributed by atoms with E-state index in [0.29, 0.717) is 19.4 Å². The van der Waals surface area contributed by atoms with E-state index in [2.05, 4.69) is 81.5 Å². The second-order valence-electron chi connectivity index (χ2n) is 21.3. The van der Waals surface area contributed by atoms with Crippen LogP contribution in [0.3, 0.4) is 0 Å². The van der Waals surface area contributed by atoms with Crippen molar-refractivity contribution in [3.63, 3.8) is 0 Å². The van der Waals surface area contributed by atoms with Gasteiger partial charge in [-0.1, -0.05) is 293 Å². The van der Waals surface area contributed by atoms with E-state index in [1.54, 1.807) is 0 Å². The summed E-state index contributed by atoms with van der Waals surface area (Å²) < 4.78 is 17.5. The van der Waals surface area contributed by atoms with Crippen LogP contribution in [0.1, 0.15) is 329 Å². The lowest BCUT2D eigenvalue weighted by atomic mass is 10.0. The number of carbonyl (C=O) groups excluding carboxylic acids is 2. The van der Waals surface area contributed by atoms with Gasteiger partial charge in [0.05, 0.1) is 6.61 Å². The molecule has 5 nitrogen and oxygen atoms in total. The number of allylic oxidation sites excluding steroid dienone is 10. The van der Waals surface area contributed by atoms with Crippen LogP contribution < -0.4 is 0 Å². The Morgan fingerprint density at radius 1 is 0.319 bits per heavy atom.